The van der Waals surface area contributed by atoms with Crippen LogP contribution in [0, 0.1) is 23.2 Å². The summed E-state index contributed by atoms with van der Waals surface area (Å²) in [6, 6.07) is 0. The van der Waals surface area contributed by atoms with Crippen molar-refractivity contribution < 1.29 is 0 Å². The van der Waals surface area contributed by atoms with E-state index in [0.29, 0.717) is 11.3 Å². The highest BCUT2D eigenvalue weighted by atomic mass is 14.6. The van der Waals surface area contributed by atoms with Gasteiger partial charge in [-0.2, -0.15) is 0 Å². The topological polar surface area (TPSA) is 26.0 Å². The molecule has 0 aliphatic rings. The van der Waals surface area contributed by atoms with Crippen molar-refractivity contribution in [3.63, 3.8) is 0 Å². The number of hydrogen-bond donors (Lipinski definition) is 1. The van der Waals surface area contributed by atoms with Crippen LogP contribution in [0.4, 0.5) is 0 Å². The predicted molar refractivity (Wildman–Crippen MR) is 65.2 cm³/mol. The molecule has 0 aromatic rings. The van der Waals surface area contributed by atoms with E-state index in [4.69, 9.17) is 5.73 Å². The quantitative estimate of drug-likeness (QED) is 0.694. The molecule has 0 radical (unpaired) electrons. The number of rotatable bonds is 6. The maximum Gasteiger partial charge on any atom is -0.00464 e. The standard InChI is InChI=1S/C13H29N/c1-10(2)11(3)7-8-13(5,6)12(4)9-14/h10-12H,7-9,14H2,1-6H3. The fourth-order valence-corrected chi connectivity index (χ4v) is 1.50. The average Bonchev–Trinajstić information content (AvgIpc) is 2.12. The first-order chi connectivity index (χ1) is 6.31. The number of hydrogen-bond acceptors (Lipinski definition) is 1. The summed E-state index contributed by atoms with van der Waals surface area (Å²) in [5.74, 6) is 2.26. The summed E-state index contributed by atoms with van der Waals surface area (Å²) in [4.78, 5) is 0. The highest BCUT2D eigenvalue weighted by Gasteiger charge is 2.25. The molecule has 86 valence electrons. The van der Waals surface area contributed by atoms with Crippen molar-refractivity contribution in [2.24, 2.45) is 28.9 Å². The van der Waals surface area contributed by atoms with Crippen LogP contribution in [0.25, 0.3) is 0 Å². The molecule has 0 rings (SSSR count). The maximum atomic E-state index is 5.72. The third-order valence-corrected chi connectivity index (χ3v) is 4.07. The zero-order valence-corrected chi connectivity index (χ0v) is 10.9. The fraction of sp³-hybridized carbons (Fsp3) is 1.00. The van der Waals surface area contributed by atoms with Crippen molar-refractivity contribution >= 4 is 0 Å². The SMILES string of the molecule is CC(C)C(C)CCC(C)(C)C(C)CN. The van der Waals surface area contributed by atoms with Crippen molar-refractivity contribution in [2.75, 3.05) is 6.54 Å². The smallest absolute Gasteiger partial charge is 0.00464 e. The van der Waals surface area contributed by atoms with Crippen LogP contribution in [0.15, 0.2) is 0 Å². The lowest BCUT2D eigenvalue weighted by atomic mass is 9.74. The zero-order valence-electron chi connectivity index (χ0n) is 10.9. The zero-order chi connectivity index (χ0) is 11.4. The second-order valence-corrected chi connectivity index (χ2v) is 5.89. The van der Waals surface area contributed by atoms with Crippen molar-refractivity contribution in [1.29, 1.82) is 0 Å². The highest BCUT2D eigenvalue weighted by Crippen LogP contribution is 2.33. The molecule has 0 heterocycles. The van der Waals surface area contributed by atoms with Gasteiger partial charge in [-0.25, -0.2) is 0 Å². The summed E-state index contributed by atoms with van der Waals surface area (Å²) >= 11 is 0. The summed E-state index contributed by atoms with van der Waals surface area (Å²) in [6.07, 6.45) is 2.62. The summed E-state index contributed by atoms with van der Waals surface area (Å²) in [5.41, 5.74) is 6.13. The Balaban J connectivity index is 3.98. The second-order valence-electron chi connectivity index (χ2n) is 5.89. The lowest BCUT2D eigenvalue weighted by molar-refractivity contribution is 0.191. The molecule has 0 aliphatic heterocycles. The van der Waals surface area contributed by atoms with Crippen LogP contribution in [0.2, 0.25) is 0 Å². The van der Waals surface area contributed by atoms with Gasteiger partial charge in [0.25, 0.3) is 0 Å². The summed E-state index contributed by atoms with van der Waals surface area (Å²) in [6.45, 7) is 14.7. The first-order valence-electron chi connectivity index (χ1n) is 6.01. The van der Waals surface area contributed by atoms with E-state index in [9.17, 15) is 0 Å². The molecule has 0 saturated carbocycles. The van der Waals surface area contributed by atoms with Crippen LogP contribution >= 0.6 is 0 Å². The van der Waals surface area contributed by atoms with Gasteiger partial charge in [-0.1, -0.05) is 41.5 Å². The minimum absolute atomic E-state index is 0.401. The average molecular weight is 199 g/mol. The lowest BCUT2D eigenvalue weighted by Crippen LogP contribution is -2.28. The molecule has 2 unspecified atom stereocenters. The van der Waals surface area contributed by atoms with Crippen molar-refractivity contribution in [3.8, 4) is 0 Å². The van der Waals surface area contributed by atoms with Crippen molar-refractivity contribution in [3.05, 3.63) is 0 Å². The molecule has 0 aromatic heterocycles. The molecule has 0 fully saturated rings. The van der Waals surface area contributed by atoms with E-state index in [1.807, 2.05) is 0 Å². The van der Waals surface area contributed by atoms with Crippen LogP contribution in [0.5, 0.6) is 0 Å². The fourth-order valence-electron chi connectivity index (χ4n) is 1.50. The third-order valence-electron chi connectivity index (χ3n) is 4.07. The van der Waals surface area contributed by atoms with E-state index in [1.54, 1.807) is 0 Å². The first-order valence-corrected chi connectivity index (χ1v) is 6.01. The van der Waals surface area contributed by atoms with Crippen LogP contribution in [0.1, 0.15) is 54.4 Å². The van der Waals surface area contributed by atoms with Gasteiger partial charge in [0.1, 0.15) is 0 Å². The maximum absolute atomic E-state index is 5.72. The normalized spacial score (nSPS) is 17.1. The van der Waals surface area contributed by atoms with Crippen molar-refractivity contribution in [2.45, 2.75) is 54.4 Å². The van der Waals surface area contributed by atoms with E-state index >= 15 is 0 Å². The van der Waals surface area contributed by atoms with Crippen LogP contribution in [-0.4, -0.2) is 6.54 Å². The Morgan fingerprint density at radius 3 is 1.93 bits per heavy atom. The molecular formula is C13H29N. The molecule has 0 spiro atoms. The summed E-state index contributed by atoms with van der Waals surface area (Å²) < 4.78 is 0. The van der Waals surface area contributed by atoms with Gasteiger partial charge in [0, 0.05) is 0 Å². The Morgan fingerprint density at radius 2 is 1.57 bits per heavy atom. The third kappa shape index (κ3) is 4.45. The van der Waals surface area contributed by atoms with E-state index in [2.05, 4.69) is 41.5 Å². The minimum atomic E-state index is 0.401. The molecule has 0 bridgehead atoms. The Hall–Kier alpha value is -0.0400. The van der Waals surface area contributed by atoms with Gasteiger partial charge in [0.05, 0.1) is 0 Å². The Labute approximate surface area is 90.5 Å². The Morgan fingerprint density at radius 1 is 1.07 bits per heavy atom. The van der Waals surface area contributed by atoms with Gasteiger partial charge < -0.3 is 5.73 Å². The molecular weight excluding hydrogens is 170 g/mol. The molecule has 14 heavy (non-hydrogen) atoms. The van der Waals surface area contributed by atoms with Gasteiger partial charge in [0.2, 0.25) is 0 Å². The Bertz CT molecular complexity index is 149. The van der Waals surface area contributed by atoms with Gasteiger partial charge >= 0.3 is 0 Å². The van der Waals surface area contributed by atoms with E-state index in [-0.39, 0.29) is 0 Å². The minimum Gasteiger partial charge on any atom is -0.330 e. The number of nitrogens with two attached hydrogens (primary N) is 1. The largest absolute Gasteiger partial charge is 0.330 e. The van der Waals surface area contributed by atoms with Crippen LogP contribution in [-0.2, 0) is 0 Å². The van der Waals surface area contributed by atoms with Crippen LogP contribution in [0.3, 0.4) is 0 Å². The first kappa shape index (κ1) is 14.0. The molecule has 1 nitrogen and oxygen atoms in total. The Kier molecular flexibility index (Phi) is 5.73. The molecule has 1 heteroatoms. The molecule has 2 atom stereocenters. The van der Waals surface area contributed by atoms with Gasteiger partial charge in [-0.3, -0.25) is 0 Å². The van der Waals surface area contributed by atoms with Gasteiger partial charge in [-0.15, -0.1) is 0 Å². The molecule has 0 amide bonds. The van der Waals surface area contributed by atoms with E-state index in [0.717, 1.165) is 18.4 Å². The summed E-state index contributed by atoms with van der Waals surface area (Å²) in [5, 5.41) is 0. The molecule has 0 saturated heterocycles. The molecule has 2 N–H and O–H groups in total. The molecule has 0 aliphatic carbocycles. The van der Waals surface area contributed by atoms with Crippen molar-refractivity contribution in [1.82, 2.24) is 0 Å². The van der Waals surface area contributed by atoms with Gasteiger partial charge in [-0.05, 0) is 42.6 Å². The molecule has 0 aromatic carbocycles. The van der Waals surface area contributed by atoms with E-state index in [1.165, 1.54) is 12.8 Å². The predicted octanol–water partition coefficient (Wildman–Crippen LogP) is 3.68. The monoisotopic (exact) mass is 199 g/mol. The highest BCUT2D eigenvalue weighted by molar-refractivity contribution is 4.77. The lowest BCUT2D eigenvalue weighted by Gasteiger charge is -2.32. The van der Waals surface area contributed by atoms with E-state index < -0.39 is 0 Å². The second kappa shape index (κ2) is 5.75. The summed E-state index contributed by atoms with van der Waals surface area (Å²) in [7, 11) is 0. The van der Waals surface area contributed by atoms with Crippen LogP contribution < -0.4 is 5.73 Å². The van der Waals surface area contributed by atoms with Gasteiger partial charge in [0.15, 0.2) is 0 Å².